The summed E-state index contributed by atoms with van der Waals surface area (Å²) in [5.41, 5.74) is -3.80. The van der Waals surface area contributed by atoms with Crippen LogP contribution in [0.4, 0.5) is 26.3 Å². The van der Waals surface area contributed by atoms with Gasteiger partial charge in [-0.05, 0) is 24.1 Å². The highest BCUT2D eigenvalue weighted by atomic mass is 19.4. The van der Waals surface area contributed by atoms with Crippen molar-refractivity contribution >= 4 is 22.6 Å². The first-order valence-corrected chi connectivity index (χ1v) is 7.08. The van der Waals surface area contributed by atoms with E-state index in [1.807, 2.05) is 0 Å². The maximum Gasteiger partial charge on any atom is 0.433 e. The number of pyridine rings is 2. The van der Waals surface area contributed by atoms with Crippen molar-refractivity contribution in [3.63, 3.8) is 0 Å². The summed E-state index contributed by atoms with van der Waals surface area (Å²) in [6, 6.07) is 2.12. The number of imidazole rings is 1. The Kier molecular flexibility index (Phi) is 4.22. The van der Waals surface area contributed by atoms with Crippen molar-refractivity contribution in [2.75, 3.05) is 7.11 Å². The van der Waals surface area contributed by atoms with Crippen LogP contribution in [0, 0.1) is 11.8 Å². The molecule has 0 aliphatic rings. The fraction of sp³-hybridized carbons (Fsp3) is 0.188. The molecule has 11 heteroatoms. The van der Waals surface area contributed by atoms with Gasteiger partial charge in [0.25, 0.3) is 0 Å². The summed E-state index contributed by atoms with van der Waals surface area (Å²) in [5, 5.41) is -0.534. The molecule has 3 aromatic rings. The molecule has 0 fully saturated rings. The van der Waals surface area contributed by atoms with Crippen LogP contribution < -0.4 is 0 Å². The number of esters is 1. The van der Waals surface area contributed by atoms with Gasteiger partial charge in [-0.25, -0.2) is 14.8 Å². The molecule has 27 heavy (non-hydrogen) atoms. The van der Waals surface area contributed by atoms with E-state index in [9.17, 15) is 31.1 Å². The second kappa shape index (κ2) is 6.15. The van der Waals surface area contributed by atoms with Crippen LogP contribution in [-0.4, -0.2) is 27.4 Å². The number of carbonyl (C=O) groups is 1. The van der Waals surface area contributed by atoms with E-state index in [-0.39, 0.29) is 17.4 Å². The van der Waals surface area contributed by atoms with Gasteiger partial charge in [0.15, 0.2) is 0 Å². The van der Waals surface area contributed by atoms with Crippen molar-refractivity contribution in [3.05, 3.63) is 41.3 Å². The molecule has 0 bridgehead atoms. The molecule has 5 nitrogen and oxygen atoms in total. The lowest BCUT2D eigenvalue weighted by Crippen LogP contribution is -2.14. The predicted octanol–water partition coefficient (Wildman–Crippen LogP) is 3.44. The Bertz CT molecular complexity index is 1120. The van der Waals surface area contributed by atoms with Crippen molar-refractivity contribution in [1.82, 2.24) is 14.4 Å². The van der Waals surface area contributed by atoms with E-state index < -0.39 is 40.6 Å². The van der Waals surface area contributed by atoms with E-state index in [1.165, 1.54) is 6.07 Å². The van der Waals surface area contributed by atoms with Crippen LogP contribution in [0.15, 0.2) is 24.4 Å². The number of carbonyl (C=O) groups excluding carboxylic acids is 1. The molecule has 0 saturated heterocycles. The third kappa shape index (κ3) is 3.51. The zero-order valence-corrected chi connectivity index (χ0v) is 13.2. The number of ether oxygens (including phenoxy) is 1. The summed E-state index contributed by atoms with van der Waals surface area (Å²) in [5.74, 6) is 3.49. The van der Waals surface area contributed by atoms with Crippen LogP contribution in [0.1, 0.15) is 17.0 Å². The second-order valence-electron chi connectivity index (χ2n) is 5.22. The highest BCUT2D eigenvalue weighted by Gasteiger charge is 2.39. The summed E-state index contributed by atoms with van der Waals surface area (Å²) in [4.78, 5) is 18.3. The van der Waals surface area contributed by atoms with Gasteiger partial charge in [-0.2, -0.15) is 26.3 Å². The van der Waals surface area contributed by atoms with Gasteiger partial charge in [0.2, 0.25) is 0 Å². The molecule has 0 aliphatic heterocycles. The third-order valence-electron chi connectivity index (χ3n) is 3.47. The zero-order valence-electron chi connectivity index (χ0n) is 13.2. The Morgan fingerprint density at radius 3 is 2.41 bits per heavy atom. The lowest BCUT2D eigenvalue weighted by molar-refractivity contribution is -0.144. The number of hydrogen-bond donors (Lipinski definition) is 0. The molecule has 3 heterocycles. The highest BCUT2D eigenvalue weighted by molar-refractivity contribution is 5.89. The van der Waals surface area contributed by atoms with Crippen molar-refractivity contribution in [2.45, 2.75) is 12.4 Å². The molecule has 0 saturated carbocycles. The van der Waals surface area contributed by atoms with Gasteiger partial charge in [0.05, 0.1) is 12.7 Å². The van der Waals surface area contributed by atoms with Crippen molar-refractivity contribution in [3.8, 4) is 11.8 Å². The Balaban J connectivity index is 2.33. The Morgan fingerprint density at radius 2 is 1.81 bits per heavy atom. The number of alkyl halides is 6. The fourth-order valence-electron chi connectivity index (χ4n) is 2.34. The van der Waals surface area contributed by atoms with E-state index in [1.54, 1.807) is 0 Å². The van der Waals surface area contributed by atoms with Gasteiger partial charge in [-0.3, -0.25) is 4.40 Å². The standard InChI is InChI=1S/C16H7F6N3O2/c1-27-13(26)5-2-8-7-25-12(23-8)4-3-9-10(15(17,18)19)6-11(16(20,21)22)24-14(9)25/h3-4,6-7H,1H3. The third-order valence-corrected chi connectivity index (χ3v) is 3.47. The maximum atomic E-state index is 13.2. The fourth-order valence-corrected chi connectivity index (χ4v) is 2.34. The average Bonchev–Trinajstić information content (AvgIpc) is 3.00. The Hall–Kier alpha value is -3.29. The van der Waals surface area contributed by atoms with E-state index in [0.29, 0.717) is 0 Å². The number of hydrogen-bond acceptors (Lipinski definition) is 4. The molecule has 0 amide bonds. The van der Waals surface area contributed by atoms with Gasteiger partial charge in [0, 0.05) is 17.5 Å². The minimum atomic E-state index is -5.08. The normalized spacial score (nSPS) is 12.1. The van der Waals surface area contributed by atoms with Crippen LogP contribution in [0.2, 0.25) is 0 Å². The first-order valence-electron chi connectivity index (χ1n) is 7.08. The van der Waals surface area contributed by atoms with Crippen LogP contribution in [0.25, 0.3) is 16.7 Å². The Labute approximate surface area is 146 Å². The molecule has 0 spiro atoms. The van der Waals surface area contributed by atoms with Crippen molar-refractivity contribution < 1.29 is 35.9 Å². The highest BCUT2D eigenvalue weighted by Crippen LogP contribution is 2.38. The minimum absolute atomic E-state index is 0.0108. The molecule has 0 aliphatic carbocycles. The molecule has 140 valence electrons. The topological polar surface area (TPSA) is 56.5 Å². The van der Waals surface area contributed by atoms with E-state index in [4.69, 9.17) is 0 Å². The molecule has 3 rings (SSSR count). The van der Waals surface area contributed by atoms with Crippen LogP contribution in [-0.2, 0) is 21.9 Å². The van der Waals surface area contributed by atoms with Crippen molar-refractivity contribution in [1.29, 1.82) is 0 Å². The molecular formula is C16H7F6N3O2. The van der Waals surface area contributed by atoms with Crippen LogP contribution >= 0.6 is 0 Å². The molecule has 0 N–H and O–H groups in total. The number of halogens is 6. The van der Waals surface area contributed by atoms with E-state index in [2.05, 4.69) is 26.5 Å². The second-order valence-corrected chi connectivity index (χ2v) is 5.22. The monoisotopic (exact) mass is 387 g/mol. The molecule has 3 aromatic heterocycles. The smallest absolute Gasteiger partial charge is 0.433 e. The van der Waals surface area contributed by atoms with Gasteiger partial charge < -0.3 is 4.74 Å². The first kappa shape index (κ1) is 18.5. The summed E-state index contributed by atoms with van der Waals surface area (Å²) in [7, 11) is 1.09. The lowest BCUT2D eigenvalue weighted by Gasteiger charge is -2.14. The number of methoxy groups -OCH3 is 1. The van der Waals surface area contributed by atoms with Gasteiger partial charge in [0.1, 0.15) is 22.7 Å². The lowest BCUT2D eigenvalue weighted by atomic mass is 10.1. The van der Waals surface area contributed by atoms with Crippen molar-refractivity contribution in [2.24, 2.45) is 0 Å². The molecule has 0 atom stereocenters. The van der Waals surface area contributed by atoms with Crippen LogP contribution in [0.5, 0.6) is 0 Å². The summed E-state index contributed by atoms with van der Waals surface area (Å²) in [6.07, 6.45) is -9.02. The molecule has 0 aromatic carbocycles. The number of fused-ring (bicyclic) bond motifs is 3. The Morgan fingerprint density at radius 1 is 1.11 bits per heavy atom. The van der Waals surface area contributed by atoms with E-state index in [0.717, 1.165) is 23.8 Å². The first-order chi connectivity index (χ1) is 12.5. The van der Waals surface area contributed by atoms with Crippen LogP contribution in [0.3, 0.4) is 0 Å². The molecule has 0 unspecified atom stereocenters. The predicted molar refractivity (Wildman–Crippen MR) is 79.4 cm³/mol. The quantitative estimate of drug-likeness (QED) is 0.337. The number of nitrogens with zero attached hydrogens (tertiary/aromatic N) is 3. The summed E-state index contributed by atoms with van der Waals surface area (Å²) < 4.78 is 84.0. The van der Waals surface area contributed by atoms with E-state index >= 15 is 0 Å². The minimum Gasteiger partial charge on any atom is -0.459 e. The zero-order chi connectivity index (χ0) is 20.0. The summed E-state index contributed by atoms with van der Waals surface area (Å²) >= 11 is 0. The maximum absolute atomic E-state index is 13.2. The largest absolute Gasteiger partial charge is 0.459 e. The number of aromatic nitrogens is 3. The molecular weight excluding hydrogens is 380 g/mol. The SMILES string of the molecule is COC(=O)C#Cc1cn2c(ccc3c(C(F)(F)F)cc(C(F)(F)F)nc32)n1. The van der Waals surface area contributed by atoms with Gasteiger partial charge >= 0.3 is 18.3 Å². The summed E-state index contributed by atoms with van der Waals surface area (Å²) in [6.45, 7) is 0. The molecule has 0 radical (unpaired) electrons. The average molecular weight is 387 g/mol. The number of rotatable bonds is 0. The van der Waals surface area contributed by atoms with Gasteiger partial charge in [-0.1, -0.05) is 0 Å². The van der Waals surface area contributed by atoms with Gasteiger partial charge in [-0.15, -0.1) is 0 Å².